The Morgan fingerprint density at radius 2 is 1.26 bits per heavy atom. The molecule has 0 aliphatic carbocycles. The average Bonchev–Trinajstić information content (AvgIpc) is 2.66. The standard InChI is InChI=1S/C19H19F13O2/c1-3-4-8-34-12-7-5-6-11(9-12)13(2,33)10-14(20,21)15(22,23)16(24,25)17(26,27)18(28,29)19(30,31)32/h5-7,9,33H,3-4,8,10H2,1-2H3. The Balaban J connectivity index is 3.35. The van der Waals surface area contributed by atoms with Gasteiger partial charge in [-0.25, -0.2) is 0 Å². The predicted molar refractivity (Wildman–Crippen MR) is 91.8 cm³/mol. The SMILES string of the molecule is CCCCOc1cccc(C(C)(O)CC(F)(F)C(F)(F)C(F)(F)C(F)(F)C(F)(F)C(F)(F)F)c1. The number of alkyl halides is 13. The molecule has 0 spiro atoms. The van der Waals surface area contributed by atoms with Gasteiger partial charge in [0.25, 0.3) is 0 Å². The highest BCUT2D eigenvalue weighted by atomic mass is 19.4. The van der Waals surface area contributed by atoms with E-state index in [4.69, 9.17) is 4.74 Å². The number of benzene rings is 1. The third kappa shape index (κ3) is 5.18. The normalized spacial score (nSPS) is 16.4. The summed E-state index contributed by atoms with van der Waals surface area (Å²) in [6, 6.07) is 4.02. The topological polar surface area (TPSA) is 29.5 Å². The number of hydrogen-bond acceptors (Lipinski definition) is 2. The van der Waals surface area contributed by atoms with E-state index in [1.54, 1.807) is 6.92 Å². The van der Waals surface area contributed by atoms with E-state index in [0.29, 0.717) is 19.8 Å². The lowest BCUT2D eigenvalue weighted by atomic mass is 9.84. The second-order valence-electron chi connectivity index (χ2n) is 7.68. The second kappa shape index (κ2) is 9.26. The van der Waals surface area contributed by atoms with Crippen LogP contribution >= 0.6 is 0 Å². The fourth-order valence-electron chi connectivity index (χ4n) is 2.70. The molecule has 1 atom stereocenters. The van der Waals surface area contributed by atoms with E-state index in [-0.39, 0.29) is 12.4 Å². The summed E-state index contributed by atoms with van der Waals surface area (Å²) >= 11 is 0. The number of halogens is 13. The van der Waals surface area contributed by atoms with Crippen molar-refractivity contribution in [3.63, 3.8) is 0 Å². The monoisotopic (exact) mass is 526 g/mol. The van der Waals surface area contributed by atoms with E-state index >= 15 is 0 Å². The molecule has 1 aromatic carbocycles. The first-order chi connectivity index (χ1) is 15.0. The van der Waals surface area contributed by atoms with Crippen LogP contribution in [0.2, 0.25) is 0 Å². The lowest BCUT2D eigenvalue weighted by Gasteiger charge is -2.41. The van der Waals surface area contributed by atoms with Gasteiger partial charge in [-0.2, -0.15) is 57.1 Å². The molecule has 1 aromatic rings. The Morgan fingerprint density at radius 1 is 0.765 bits per heavy atom. The Hall–Kier alpha value is -1.93. The van der Waals surface area contributed by atoms with Gasteiger partial charge in [-0.05, 0) is 31.0 Å². The quantitative estimate of drug-likeness (QED) is 0.244. The number of unbranched alkanes of at least 4 members (excludes halogenated alkanes) is 1. The minimum Gasteiger partial charge on any atom is -0.494 e. The lowest BCUT2D eigenvalue weighted by molar-refractivity contribution is -0.441. The summed E-state index contributed by atoms with van der Waals surface area (Å²) in [6.07, 6.45) is -9.04. The first-order valence-electron chi connectivity index (χ1n) is 9.41. The second-order valence-corrected chi connectivity index (χ2v) is 7.68. The zero-order valence-electron chi connectivity index (χ0n) is 17.4. The molecule has 1 unspecified atom stereocenters. The third-order valence-corrected chi connectivity index (χ3v) is 4.79. The molecule has 0 saturated heterocycles. The van der Waals surface area contributed by atoms with Crippen molar-refractivity contribution >= 4 is 0 Å². The molecule has 0 amide bonds. The van der Waals surface area contributed by atoms with Gasteiger partial charge in [0.1, 0.15) is 5.75 Å². The van der Waals surface area contributed by atoms with E-state index in [1.807, 2.05) is 0 Å². The highest BCUT2D eigenvalue weighted by Crippen LogP contribution is 2.61. The Morgan fingerprint density at radius 3 is 1.74 bits per heavy atom. The summed E-state index contributed by atoms with van der Waals surface area (Å²) in [5.41, 5.74) is -3.82. The van der Waals surface area contributed by atoms with E-state index in [1.165, 1.54) is 6.07 Å². The molecule has 15 heteroatoms. The third-order valence-electron chi connectivity index (χ3n) is 4.79. The minimum atomic E-state index is -7.98. The molecule has 0 radical (unpaired) electrons. The number of ether oxygens (including phenoxy) is 1. The summed E-state index contributed by atoms with van der Waals surface area (Å²) in [4.78, 5) is 0. The van der Waals surface area contributed by atoms with Crippen molar-refractivity contribution in [3.05, 3.63) is 29.8 Å². The number of rotatable bonds is 11. The van der Waals surface area contributed by atoms with Crippen molar-refractivity contribution in [2.45, 2.75) is 74.5 Å². The van der Waals surface area contributed by atoms with Crippen LogP contribution in [0.4, 0.5) is 57.1 Å². The fraction of sp³-hybridized carbons (Fsp3) is 0.684. The van der Waals surface area contributed by atoms with Gasteiger partial charge in [0.05, 0.1) is 18.6 Å². The largest absolute Gasteiger partial charge is 0.494 e. The molecule has 0 heterocycles. The van der Waals surface area contributed by atoms with Crippen LogP contribution < -0.4 is 4.74 Å². The van der Waals surface area contributed by atoms with Gasteiger partial charge in [-0.1, -0.05) is 25.5 Å². The van der Waals surface area contributed by atoms with Gasteiger partial charge < -0.3 is 9.84 Å². The fourth-order valence-corrected chi connectivity index (χ4v) is 2.70. The van der Waals surface area contributed by atoms with Gasteiger partial charge in [0.15, 0.2) is 0 Å². The summed E-state index contributed by atoms with van der Waals surface area (Å²) in [5.74, 6) is -37.6. The first-order valence-corrected chi connectivity index (χ1v) is 9.41. The number of hydrogen-bond donors (Lipinski definition) is 1. The Bertz CT molecular complexity index is 832. The molecule has 0 fully saturated rings. The van der Waals surface area contributed by atoms with Crippen molar-refractivity contribution < 1.29 is 66.9 Å². The van der Waals surface area contributed by atoms with E-state index < -0.39 is 53.4 Å². The van der Waals surface area contributed by atoms with Crippen LogP contribution in [0.5, 0.6) is 5.75 Å². The highest BCUT2D eigenvalue weighted by Gasteiger charge is 2.90. The van der Waals surface area contributed by atoms with E-state index in [9.17, 15) is 62.2 Å². The molecular formula is C19H19F13O2. The Kier molecular flexibility index (Phi) is 8.20. The smallest absolute Gasteiger partial charge is 0.460 e. The predicted octanol–water partition coefficient (Wildman–Crippen LogP) is 7.20. The van der Waals surface area contributed by atoms with Crippen LogP contribution in [0.1, 0.15) is 38.7 Å². The van der Waals surface area contributed by atoms with Crippen LogP contribution in [0.3, 0.4) is 0 Å². The maximum Gasteiger partial charge on any atom is 0.460 e. The molecule has 0 bridgehead atoms. The zero-order valence-corrected chi connectivity index (χ0v) is 17.4. The molecule has 0 saturated carbocycles. The van der Waals surface area contributed by atoms with Crippen LogP contribution in [-0.4, -0.2) is 47.5 Å². The van der Waals surface area contributed by atoms with Crippen molar-refractivity contribution in [2.24, 2.45) is 0 Å². The van der Waals surface area contributed by atoms with Crippen LogP contribution in [-0.2, 0) is 5.60 Å². The van der Waals surface area contributed by atoms with Crippen molar-refractivity contribution in [2.75, 3.05) is 6.61 Å². The van der Waals surface area contributed by atoms with Crippen LogP contribution in [0.25, 0.3) is 0 Å². The van der Waals surface area contributed by atoms with Gasteiger partial charge >= 0.3 is 35.8 Å². The number of aliphatic hydroxyl groups is 1. The molecule has 34 heavy (non-hydrogen) atoms. The highest BCUT2D eigenvalue weighted by molar-refractivity contribution is 5.32. The molecule has 1 N–H and O–H groups in total. The molecular weight excluding hydrogens is 507 g/mol. The first kappa shape index (κ1) is 30.1. The molecule has 0 aliphatic heterocycles. The van der Waals surface area contributed by atoms with Crippen LogP contribution in [0.15, 0.2) is 24.3 Å². The molecule has 198 valence electrons. The molecule has 2 nitrogen and oxygen atoms in total. The van der Waals surface area contributed by atoms with Crippen molar-refractivity contribution in [1.82, 2.24) is 0 Å². The molecule has 0 aliphatic rings. The van der Waals surface area contributed by atoms with Gasteiger partial charge in [0.2, 0.25) is 0 Å². The molecule has 0 aromatic heterocycles. The maximum absolute atomic E-state index is 14.2. The summed E-state index contributed by atoms with van der Waals surface area (Å²) < 4.78 is 178. The van der Waals surface area contributed by atoms with Gasteiger partial charge in [0, 0.05) is 0 Å². The molecule has 1 rings (SSSR count). The minimum absolute atomic E-state index is 0.0806. The summed E-state index contributed by atoms with van der Waals surface area (Å²) in [5, 5.41) is 10.2. The van der Waals surface area contributed by atoms with Crippen molar-refractivity contribution in [3.8, 4) is 5.75 Å². The van der Waals surface area contributed by atoms with Gasteiger partial charge in [-0.15, -0.1) is 0 Å². The van der Waals surface area contributed by atoms with Crippen LogP contribution in [0, 0.1) is 0 Å². The zero-order chi connectivity index (χ0) is 27.0. The lowest BCUT2D eigenvalue weighted by Crippen LogP contribution is -2.70. The van der Waals surface area contributed by atoms with Gasteiger partial charge in [-0.3, -0.25) is 0 Å². The van der Waals surface area contributed by atoms with E-state index in [0.717, 1.165) is 18.2 Å². The summed E-state index contributed by atoms with van der Waals surface area (Å²) in [7, 11) is 0. The van der Waals surface area contributed by atoms with E-state index in [2.05, 4.69) is 0 Å². The summed E-state index contributed by atoms with van der Waals surface area (Å²) in [6.45, 7) is 2.28. The van der Waals surface area contributed by atoms with Crippen molar-refractivity contribution in [1.29, 1.82) is 0 Å². The Labute approximate surface area is 184 Å². The maximum atomic E-state index is 14.2. The average molecular weight is 526 g/mol.